The van der Waals surface area contributed by atoms with Crippen LogP contribution in [-0.4, -0.2) is 30.3 Å². The van der Waals surface area contributed by atoms with E-state index in [9.17, 15) is 4.79 Å². The van der Waals surface area contributed by atoms with Gasteiger partial charge in [0, 0.05) is 33.2 Å². The second-order valence-corrected chi connectivity index (χ2v) is 8.13. The minimum atomic E-state index is 0.142. The van der Waals surface area contributed by atoms with E-state index in [-0.39, 0.29) is 5.78 Å². The Morgan fingerprint density at radius 3 is 1.77 bits per heavy atom. The van der Waals surface area contributed by atoms with Crippen LogP contribution in [-0.2, 0) is 4.79 Å². The Hall–Kier alpha value is -1.49. The molecule has 1 aliphatic heterocycles. The van der Waals surface area contributed by atoms with Crippen LogP contribution < -0.4 is 0 Å². The molecule has 26 heavy (non-hydrogen) atoms. The third-order valence-electron chi connectivity index (χ3n) is 4.38. The molecule has 2 aromatic rings. The largest absolute Gasteiger partial charge is 0.295 e. The summed E-state index contributed by atoms with van der Waals surface area (Å²) in [6, 6.07) is 16.0. The lowest BCUT2D eigenvalue weighted by molar-refractivity contribution is -0.113. The summed E-state index contributed by atoms with van der Waals surface area (Å²) in [5.41, 5.74) is 3.76. The third kappa shape index (κ3) is 4.61. The van der Waals surface area contributed by atoms with E-state index in [1.807, 2.05) is 60.7 Å². The molecule has 0 unspecified atom stereocenters. The molecule has 2 nitrogen and oxygen atoms in total. The molecule has 1 aliphatic rings. The van der Waals surface area contributed by atoms with E-state index in [2.05, 4.69) is 43.7 Å². The summed E-state index contributed by atoms with van der Waals surface area (Å²) in [6.45, 7) is 4.54. The number of hydrogen-bond acceptors (Lipinski definition) is 2. The highest BCUT2D eigenvalue weighted by molar-refractivity contribution is 9.10. The molecule has 134 valence electrons. The number of rotatable bonds is 4. The van der Waals surface area contributed by atoms with Crippen LogP contribution in [0.1, 0.15) is 24.5 Å². The van der Waals surface area contributed by atoms with Gasteiger partial charge in [-0.2, -0.15) is 0 Å². The number of likely N-dealkylation sites (tertiary alicyclic amines) is 1. The Kier molecular flexibility index (Phi) is 6.63. The second kappa shape index (κ2) is 8.94. The highest BCUT2D eigenvalue weighted by Gasteiger charge is 2.25. The number of carbonyl (C=O) groups excluding carboxylic acids is 1. The van der Waals surface area contributed by atoms with E-state index in [1.165, 1.54) is 0 Å². The maximum absolute atomic E-state index is 13.1. The summed E-state index contributed by atoms with van der Waals surface area (Å²) in [4.78, 5) is 15.5. The fourth-order valence-corrected chi connectivity index (χ4v) is 3.94. The molecule has 4 heteroatoms. The fraction of sp³-hybridized carbons (Fsp3) is 0.227. The third-order valence-corrected chi connectivity index (χ3v) is 5.83. The zero-order valence-corrected chi connectivity index (χ0v) is 17.9. The molecule has 0 N–H and O–H groups in total. The van der Waals surface area contributed by atoms with E-state index in [0.717, 1.165) is 44.2 Å². The highest BCUT2D eigenvalue weighted by atomic mass is 79.9. The molecule has 0 atom stereocenters. The first kappa shape index (κ1) is 19.3. The van der Waals surface area contributed by atoms with Crippen molar-refractivity contribution >= 4 is 49.8 Å². The summed E-state index contributed by atoms with van der Waals surface area (Å²) >= 11 is 7.15. The Morgan fingerprint density at radius 1 is 0.885 bits per heavy atom. The first-order valence-corrected chi connectivity index (χ1v) is 10.3. The van der Waals surface area contributed by atoms with Crippen molar-refractivity contribution in [3.05, 3.63) is 79.7 Å². The molecule has 0 aliphatic carbocycles. The van der Waals surface area contributed by atoms with Gasteiger partial charge in [0.05, 0.1) is 0 Å². The van der Waals surface area contributed by atoms with Crippen LogP contribution in [0.2, 0.25) is 0 Å². The average molecular weight is 475 g/mol. The lowest BCUT2D eigenvalue weighted by Gasteiger charge is -2.29. The molecule has 0 aromatic heterocycles. The zero-order chi connectivity index (χ0) is 18.5. The first-order valence-electron chi connectivity index (χ1n) is 8.75. The zero-order valence-electron chi connectivity index (χ0n) is 14.7. The molecular formula is C22H21Br2NO. The molecule has 0 amide bonds. The Balaban J connectivity index is 1.99. The van der Waals surface area contributed by atoms with Gasteiger partial charge in [0.25, 0.3) is 0 Å². The van der Waals surface area contributed by atoms with Gasteiger partial charge in [0.15, 0.2) is 5.78 Å². The van der Waals surface area contributed by atoms with Gasteiger partial charge in [-0.25, -0.2) is 0 Å². The standard InChI is InChI=1S/C22H21Br2NO/c1-2-11-25-14-18(12-16-7-3-5-9-20(16)23)22(26)19(15-25)13-17-8-4-6-10-21(17)24/h3-10,12-13H,2,11,14-15H2,1H3. The summed E-state index contributed by atoms with van der Waals surface area (Å²) in [5.74, 6) is 0.142. The lowest BCUT2D eigenvalue weighted by atomic mass is 9.94. The summed E-state index contributed by atoms with van der Waals surface area (Å²) in [7, 11) is 0. The van der Waals surface area contributed by atoms with Crippen LogP contribution >= 0.6 is 31.9 Å². The fourth-order valence-electron chi connectivity index (χ4n) is 3.14. The minimum Gasteiger partial charge on any atom is -0.295 e. The number of piperidine rings is 1. The Bertz CT molecular complexity index is 802. The topological polar surface area (TPSA) is 20.3 Å². The number of ketones is 1. The molecule has 3 rings (SSSR count). The van der Waals surface area contributed by atoms with Crippen molar-refractivity contribution in [2.75, 3.05) is 19.6 Å². The number of nitrogens with zero attached hydrogens (tertiary/aromatic N) is 1. The number of Topliss-reactive ketones (excluding diaryl/α,β-unsaturated/α-hetero) is 1. The van der Waals surface area contributed by atoms with E-state index < -0.39 is 0 Å². The lowest BCUT2D eigenvalue weighted by Crippen LogP contribution is -2.38. The number of carbonyl (C=O) groups is 1. The molecule has 1 fully saturated rings. The average Bonchev–Trinajstić information content (AvgIpc) is 2.63. The molecular weight excluding hydrogens is 454 g/mol. The van der Waals surface area contributed by atoms with E-state index in [1.54, 1.807) is 0 Å². The van der Waals surface area contributed by atoms with Gasteiger partial charge in [0.2, 0.25) is 0 Å². The van der Waals surface area contributed by atoms with Crippen molar-refractivity contribution in [2.45, 2.75) is 13.3 Å². The maximum Gasteiger partial charge on any atom is 0.187 e. The summed E-state index contributed by atoms with van der Waals surface area (Å²) < 4.78 is 2.01. The van der Waals surface area contributed by atoms with Crippen molar-refractivity contribution in [1.29, 1.82) is 0 Å². The Morgan fingerprint density at radius 2 is 1.35 bits per heavy atom. The van der Waals surface area contributed by atoms with Crippen LogP contribution in [0, 0.1) is 0 Å². The van der Waals surface area contributed by atoms with E-state index in [4.69, 9.17) is 0 Å². The van der Waals surface area contributed by atoms with Crippen LogP contribution in [0.15, 0.2) is 68.6 Å². The van der Waals surface area contributed by atoms with Crippen molar-refractivity contribution in [2.24, 2.45) is 0 Å². The van der Waals surface area contributed by atoms with Gasteiger partial charge in [-0.3, -0.25) is 9.69 Å². The highest BCUT2D eigenvalue weighted by Crippen LogP contribution is 2.26. The van der Waals surface area contributed by atoms with E-state index in [0.29, 0.717) is 13.1 Å². The van der Waals surface area contributed by atoms with Crippen LogP contribution in [0.3, 0.4) is 0 Å². The molecule has 0 spiro atoms. The predicted molar refractivity (Wildman–Crippen MR) is 116 cm³/mol. The minimum absolute atomic E-state index is 0.142. The number of benzene rings is 2. The smallest absolute Gasteiger partial charge is 0.187 e. The molecule has 0 radical (unpaired) electrons. The van der Waals surface area contributed by atoms with E-state index >= 15 is 0 Å². The van der Waals surface area contributed by atoms with Gasteiger partial charge >= 0.3 is 0 Å². The number of hydrogen-bond donors (Lipinski definition) is 0. The van der Waals surface area contributed by atoms with Gasteiger partial charge in [0.1, 0.15) is 0 Å². The van der Waals surface area contributed by atoms with Gasteiger partial charge in [-0.05, 0) is 48.4 Å². The van der Waals surface area contributed by atoms with Crippen molar-refractivity contribution in [3.8, 4) is 0 Å². The van der Waals surface area contributed by atoms with Crippen LogP contribution in [0.4, 0.5) is 0 Å². The summed E-state index contributed by atoms with van der Waals surface area (Å²) in [5, 5.41) is 0. The molecule has 0 saturated carbocycles. The normalized spacial score (nSPS) is 18.7. The maximum atomic E-state index is 13.1. The first-order chi connectivity index (χ1) is 12.6. The van der Waals surface area contributed by atoms with Gasteiger partial charge in [-0.1, -0.05) is 75.2 Å². The quantitative estimate of drug-likeness (QED) is 0.508. The van der Waals surface area contributed by atoms with Crippen LogP contribution in [0.5, 0.6) is 0 Å². The van der Waals surface area contributed by atoms with Crippen molar-refractivity contribution in [3.63, 3.8) is 0 Å². The number of halogens is 2. The molecule has 0 bridgehead atoms. The summed E-state index contributed by atoms with van der Waals surface area (Å²) in [6.07, 6.45) is 5.10. The van der Waals surface area contributed by atoms with Gasteiger partial charge < -0.3 is 0 Å². The molecule has 1 heterocycles. The Labute approximate surface area is 171 Å². The van der Waals surface area contributed by atoms with Gasteiger partial charge in [-0.15, -0.1) is 0 Å². The molecule has 2 aromatic carbocycles. The monoisotopic (exact) mass is 473 g/mol. The van der Waals surface area contributed by atoms with Crippen molar-refractivity contribution < 1.29 is 4.79 Å². The molecule has 1 saturated heterocycles. The SMILES string of the molecule is CCCN1CC(=Cc2ccccc2Br)C(=O)C(=Cc2ccccc2Br)C1. The van der Waals surface area contributed by atoms with Crippen molar-refractivity contribution in [1.82, 2.24) is 4.90 Å². The predicted octanol–water partition coefficient (Wildman–Crippen LogP) is 5.97. The second-order valence-electron chi connectivity index (χ2n) is 6.42. The van der Waals surface area contributed by atoms with Crippen LogP contribution in [0.25, 0.3) is 12.2 Å².